The predicted octanol–water partition coefficient (Wildman–Crippen LogP) is 2.45. The molecule has 2 unspecified atom stereocenters. The van der Waals surface area contributed by atoms with Crippen LogP contribution in [0.2, 0.25) is 0 Å². The Kier molecular flexibility index (Phi) is 4.31. The summed E-state index contributed by atoms with van der Waals surface area (Å²) in [7, 11) is 0. The molecule has 0 aliphatic heterocycles. The maximum absolute atomic E-state index is 12.5. The Morgan fingerprint density at radius 2 is 1.72 bits per heavy atom. The van der Waals surface area contributed by atoms with E-state index in [1.165, 1.54) is 6.42 Å². The summed E-state index contributed by atoms with van der Waals surface area (Å²) in [5.41, 5.74) is 5.62. The van der Waals surface area contributed by atoms with E-state index in [-0.39, 0.29) is 11.3 Å². The summed E-state index contributed by atoms with van der Waals surface area (Å²) < 4.78 is 0. The standard InChI is InChI=1S/C15H28N2O/c1-11-7-12(2)9-13(8-11)17-14(18)15(10-16)5-3-4-6-15/h11-13H,3-10,16H2,1-2H3,(H,17,18). The van der Waals surface area contributed by atoms with Crippen LogP contribution in [0.4, 0.5) is 0 Å². The summed E-state index contributed by atoms with van der Waals surface area (Å²) in [6.07, 6.45) is 7.84. The highest BCUT2D eigenvalue weighted by Crippen LogP contribution is 2.38. The van der Waals surface area contributed by atoms with Gasteiger partial charge in [-0.15, -0.1) is 0 Å². The van der Waals surface area contributed by atoms with Crippen LogP contribution >= 0.6 is 0 Å². The normalized spacial score (nSPS) is 35.4. The molecule has 2 aliphatic carbocycles. The van der Waals surface area contributed by atoms with E-state index >= 15 is 0 Å². The van der Waals surface area contributed by atoms with Gasteiger partial charge < -0.3 is 11.1 Å². The van der Waals surface area contributed by atoms with Crippen LogP contribution in [0.25, 0.3) is 0 Å². The molecule has 2 saturated carbocycles. The Labute approximate surface area is 111 Å². The molecule has 0 aromatic heterocycles. The molecule has 0 heterocycles. The zero-order chi connectivity index (χ0) is 13.2. The van der Waals surface area contributed by atoms with Crippen molar-refractivity contribution in [3.05, 3.63) is 0 Å². The van der Waals surface area contributed by atoms with Crippen molar-refractivity contribution < 1.29 is 4.79 Å². The van der Waals surface area contributed by atoms with E-state index in [1.807, 2.05) is 0 Å². The third kappa shape index (κ3) is 2.87. The Hall–Kier alpha value is -0.570. The summed E-state index contributed by atoms with van der Waals surface area (Å²) in [5, 5.41) is 3.29. The molecule has 1 amide bonds. The fraction of sp³-hybridized carbons (Fsp3) is 0.933. The first kappa shape index (κ1) is 13.9. The van der Waals surface area contributed by atoms with E-state index in [0.717, 1.165) is 50.4 Å². The minimum Gasteiger partial charge on any atom is -0.353 e. The molecule has 0 saturated heterocycles. The quantitative estimate of drug-likeness (QED) is 0.810. The average Bonchev–Trinajstić information content (AvgIpc) is 2.77. The number of hydrogen-bond donors (Lipinski definition) is 2. The second-order valence-electron chi connectivity index (χ2n) is 6.78. The molecule has 0 spiro atoms. The molecule has 2 fully saturated rings. The fourth-order valence-electron chi connectivity index (χ4n) is 3.98. The van der Waals surface area contributed by atoms with Crippen molar-refractivity contribution in [2.24, 2.45) is 23.0 Å². The second-order valence-corrected chi connectivity index (χ2v) is 6.78. The zero-order valence-corrected chi connectivity index (χ0v) is 11.9. The van der Waals surface area contributed by atoms with E-state index in [2.05, 4.69) is 19.2 Å². The van der Waals surface area contributed by atoms with Crippen molar-refractivity contribution >= 4 is 5.91 Å². The van der Waals surface area contributed by atoms with Crippen molar-refractivity contribution in [2.45, 2.75) is 64.8 Å². The molecular weight excluding hydrogens is 224 g/mol. The Morgan fingerprint density at radius 3 is 2.22 bits per heavy atom. The highest BCUT2D eigenvalue weighted by molar-refractivity contribution is 5.83. The average molecular weight is 252 g/mol. The Bertz CT molecular complexity index is 287. The molecular formula is C15H28N2O. The number of rotatable bonds is 3. The van der Waals surface area contributed by atoms with Gasteiger partial charge in [0.1, 0.15) is 0 Å². The summed E-state index contributed by atoms with van der Waals surface area (Å²) in [5.74, 6) is 1.70. The van der Waals surface area contributed by atoms with Gasteiger partial charge in [-0.2, -0.15) is 0 Å². The molecule has 104 valence electrons. The van der Waals surface area contributed by atoms with Crippen molar-refractivity contribution in [2.75, 3.05) is 6.54 Å². The lowest BCUT2D eigenvalue weighted by Crippen LogP contribution is -2.49. The molecule has 2 aliphatic rings. The van der Waals surface area contributed by atoms with Gasteiger partial charge in [-0.1, -0.05) is 26.7 Å². The molecule has 2 rings (SSSR count). The lowest BCUT2D eigenvalue weighted by molar-refractivity contribution is -0.131. The van der Waals surface area contributed by atoms with Crippen LogP contribution in [0.5, 0.6) is 0 Å². The van der Waals surface area contributed by atoms with Crippen LogP contribution in [-0.2, 0) is 4.79 Å². The van der Waals surface area contributed by atoms with Crippen LogP contribution in [-0.4, -0.2) is 18.5 Å². The molecule has 0 aromatic rings. The van der Waals surface area contributed by atoms with Crippen LogP contribution in [0, 0.1) is 17.3 Å². The number of carbonyl (C=O) groups is 1. The topological polar surface area (TPSA) is 55.1 Å². The lowest BCUT2D eigenvalue weighted by Gasteiger charge is -2.35. The van der Waals surface area contributed by atoms with Crippen LogP contribution < -0.4 is 11.1 Å². The van der Waals surface area contributed by atoms with Crippen molar-refractivity contribution in [3.8, 4) is 0 Å². The second kappa shape index (κ2) is 5.60. The van der Waals surface area contributed by atoms with E-state index in [9.17, 15) is 4.79 Å². The van der Waals surface area contributed by atoms with Gasteiger partial charge in [-0.05, 0) is 43.9 Å². The first-order chi connectivity index (χ1) is 8.55. The summed E-state index contributed by atoms with van der Waals surface area (Å²) in [4.78, 5) is 12.5. The van der Waals surface area contributed by atoms with Crippen molar-refractivity contribution in [1.82, 2.24) is 5.32 Å². The monoisotopic (exact) mass is 252 g/mol. The van der Waals surface area contributed by atoms with Gasteiger partial charge in [-0.3, -0.25) is 4.79 Å². The van der Waals surface area contributed by atoms with E-state index in [1.54, 1.807) is 0 Å². The van der Waals surface area contributed by atoms with E-state index in [4.69, 9.17) is 5.73 Å². The van der Waals surface area contributed by atoms with Gasteiger partial charge in [0, 0.05) is 12.6 Å². The molecule has 2 atom stereocenters. The van der Waals surface area contributed by atoms with Gasteiger partial charge in [0.25, 0.3) is 0 Å². The minimum atomic E-state index is -0.246. The van der Waals surface area contributed by atoms with Gasteiger partial charge in [0.2, 0.25) is 5.91 Å². The highest BCUT2D eigenvalue weighted by Gasteiger charge is 2.41. The van der Waals surface area contributed by atoms with E-state index < -0.39 is 0 Å². The molecule has 3 nitrogen and oxygen atoms in total. The SMILES string of the molecule is CC1CC(C)CC(NC(=O)C2(CN)CCCC2)C1. The van der Waals surface area contributed by atoms with Crippen LogP contribution in [0.3, 0.4) is 0 Å². The summed E-state index contributed by atoms with van der Waals surface area (Å²) in [6.45, 7) is 5.10. The van der Waals surface area contributed by atoms with Gasteiger partial charge >= 0.3 is 0 Å². The number of hydrogen-bond acceptors (Lipinski definition) is 2. The molecule has 3 heteroatoms. The summed E-state index contributed by atoms with van der Waals surface area (Å²) in [6, 6.07) is 0.375. The smallest absolute Gasteiger partial charge is 0.227 e. The van der Waals surface area contributed by atoms with Crippen molar-refractivity contribution in [3.63, 3.8) is 0 Å². The predicted molar refractivity (Wildman–Crippen MR) is 74.1 cm³/mol. The third-order valence-electron chi connectivity index (χ3n) is 4.95. The maximum Gasteiger partial charge on any atom is 0.227 e. The number of nitrogens with two attached hydrogens (primary N) is 1. The number of carbonyl (C=O) groups excluding carboxylic acids is 1. The van der Waals surface area contributed by atoms with Crippen molar-refractivity contribution in [1.29, 1.82) is 0 Å². The molecule has 3 N–H and O–H groups in total. The van der Waals surface area contributed by atoms with Crippen LogP contribution in [0.15, 0.2) is 0 Å². The molecule has 0 bridgehead atoms. The van der Waals surface area contributed by atoms with Gasteiger partial charge in [0.15, 0.2) is 0 Å². The zero-order valence-electron chi connectivity index (χ0n) is 11.9. The highest BCUT2D eigenvalue weighted by atomic mass is 16.2. The van der Waals surface area contributed by atoms with Gasteiger partial charge in [-0.25, -0.2) is 0 Å². The summed E-state index contributed by atoms with van der Waals surface area (Å²) >= 11 is 0. The molecule has 18 heavy (non-hydrogen) atoms. The minimum absolute atomic E-state index is 0.230. The lowest BCUT2D eigenvalue weighted by atomic mass is 9.79. The number of amides is 1. The number of nitrogens with one attached hydrogen (secondary N) is 1. The fourth-order valence-corrected chi connectivity index (χ4v) is 3.98. The molecule has 0 radical (unpaired) electrons. The first-order valence-electron chi connectivity index (χ1n) is 7.57. The largest absolute Gasteiger partial charge is 0.353 e. The first-order valence-corrected chi connectivity index (χ1v) is 7.57. The van der Waals surface area contributed by atoms with Crippen LogP contribution in [0.1, 0.15) is 58.8 Å². The third-order valence-corrected chi connectivity index (χ3v) is 4.95. The maximum atomic E-state index is 12.5. The molecule has 0 aromatic carbocycles. The van der Waals surface area contributed by atoms with Gasteiger partial charge in [0.05, 0.1) is 5.41 Å². The Morgan fingerprint density at radius 1 is 1.17 bits per heavy atom. The van der Waals surface area contributed by atoms with E-state index in [0.29, 0.717) is 12.6 Å². The Balaban J connectivity index is 1.94.